The number of hydrogen-bond donors (Lipinski definition) is 2. The van der Waals surface area contributed by atoms with Crippen LogP contribution in [0.3, 0.4) is 0 Å². The molecule has 2 rings (SSSR count). The van der Waals surface area contributed by atoms with Gasteiger partial charge in [-0.2, -0.15) is 0 Å². The minimum Gasteiger partial charge on any atom is -0.480 e. The number of nitrogens with zero attached hydrogens (tertiary/aromatic N) is 1. The first-order valence-corrected chi connectivity index (χ1v) is 6.95. The van der Waals surface area contributed by atoms with E-state index in [0.717, 1.165) is 18.8 Å². The van der Waals surface area contributed by atoms with E-state index in [4.69, 9.17) is 4.74 Å². The Hall–Kier alpha value is -1.59. The zero-order valence-corrected chi connectivity index (χ0v) is 11.8. The molecule has 1 aromatic carbocycles. The summed E-state index contributed by atoms with van der Waals surface area (Å²) in [5, 5.41) is 12.7. The number of methoxy groups -OCH3 is 1. The molecule has 0 unspecified atom stereocenters. The van der Waals surface area contributed by atoms with Gasteiger partial charge in [0.15, 0.2) is 0 Å². The summed E-state index contributed by atoms with van der Waals surface area (Å²) >= 11 is 0. The van der Waals surface area contributed by atoms with Crippen LogP contribution in [0.15, 0.2) is 30.3 Å². The molecule has 0 aromatic heterocycles. The summed E-state index contributed by atoms with van der Waals surface area (Å²) in [5.41, 5.74) is 0.340. The van der Waals surface area contributed by atoms with E-state index >= 15 is 0 Å². The largest absolute Gasteiger partial charge is 0.480 e. The average Bonchev–Trinajstić information content (AvgIpc) is 2.49. The van der Waals surface area contributed by atoms with E-state index in [2.05, 4.69) is 22.3 Å². The number of carbonyl (C=O) groups is 1. The molecule has 0 atom stereocenters. The number of piperidine rings is 1. The maximum atomic E-state index is 11.6. The predicted molar refractivity (Wildman–Crippen MR) is 78.1 cm³/mol. The van der Waals surface area contributed by atoms with Gasteiger partial charge in [0.1, 0.15) is 5.54 Å². The van der Waals surface area contributed by atoms with Crippen LogP contribution >= 0.6 is 0 Å². The second-order valence-electron chi connectivity index (χ2n) is 5.13. The monoisotopic (exact) mass is 278 g/mol. The van der Waals surface area contributed by atoms with E-state index in [0.29, 0.717) is 26.0 Å². The van der Waals surface area contributed by atoms with Crippen molar-refractivity contribution in [2.45, 2.75) is 18.4 Å². The number of aliphatic carboxylic acids is 1. The van der Waals surface area contributed by atoms with Gasteiger partial charge < -0.3 is 14.7 Å². The highest BCUT2D eigenvalue weighted by molar-refractivity contribution is 5.79. The van der Waals surface area contributed by atoms with Crippen LogP contribution in [-0.2, 0) is 9.53 Å². The molecule has 0 spiro atoms. The number of nitrogens with one attached hydrogen (secondary N) is 1. The van der Waals surface area contributed by atoms with Crippen molar-refractivity contribution in [1.82, 2.24) is 5.32 Å². The van der Waals surface area contributed by atoms with Crippen LogP contribution in [0.2, 0.25) is 0 Å². The van der Waals surface area contributed by atoms with Gasteiger partial charge in [-0.15, -0.1) is 0 Å². The van der Waals surface area contributed by atoms with Crippen LogP contribution < -0.4 is 10.2 Å². The molecular weight excluding hydrogens is 256 g/mol. The summed E-state index contributed by atoms with van der Waals surface area (Å²) in [6.07, 6.45) is 1.20. The Labute approximate surface area is 119 Å². The normalized spacial score (nSPS) is 17.9. The average molecular weight is 278 g/mol. The zero-order valence-electron chi connectivity index (χ0n) is 11.8. The summed E-state index contributed by atoms with van der Waals surface area (Å²) in [6.45, 7) is 2.58. The van der Waals surface area contributed by atoms with E-state index in [1.54, 1.807) is 7.11 Å². The quantitative estimate of drug-likeness (QED) is 0.769. The van der Waals surface area contributed by atoms with Crippen LogP contribution in [0.1, 0.15) is 12.8 Å². The second-order valence-corrected chi connectivity index (χ2v) is 5.13. The predicted octanol–water partition coefficient (Wildman–Crippen LogP) is 1.35. The molecule has 0 radical (unpaired) electrons. The van der Waals surface area contributed by atoms with E-state index < -0.39 is 11.5 Å². The third-order valence-electron chi connectivity index (χ3n) is 3.92. The number of hydrogen-bond acceptors (Lipinski definition) is 4. The highest BCUT2D eigenvalue weighted by Gasteiger charge is 2.40. The van der Waals surface area contributed by atoms with Gasteiger partial charge in [0.05, 0.1) is 6.61 Å². The Morgan fingerprint density at radius 2 is 2.00 bits per heavy atom. The fraction of sp³-hybridized carbons (Fsp3) is 0.533. The molecule has 1 aliphatic heterocycles. The third-order valence-corrected chi connectivity index (χ3v) is 3.92. The Balaban J connectivity index is 1.97. The van der Waals surface area contributed by atoms with E-state index in [1.807, 2.05) is 18.2 Å². The number of benzene rings is 1. The van der Waals surface area contributed by atoms with Crippen LogP contribution in [-0.4, -0.2) is 50.0 Å². The smallest absolute Gasteiger partial charge is 0.324 e. The number of para-hydroxylation sites is 1. The second kappa shape index (κ2) is 6.72. The first kappa shape index (κ1) is 14.8. The van der Waals surface area contributed by atoms with Gasteiger partial charge in [0, 0.05) is 32.4 Å². The highest BCUT2D eigenvalue weighted by atomic mass is 16.5. The van der Waals surface area contributed by atoms with Crippen molar-refractivity contribution in [1.29, 1.82) is 0 Å². The van der Waals surface area contributed by atoms with Crippen LogP contribution in [0, 0.1) is 0 Å². The van der Waals surface area contributed by atoms with Crippen molar-refractivity contribution in [3.05, 3.63) is 30.3 Å². The van der Waals surface area contributed by atoms with Crippen molar-refractivity contribution in [2.24, 2.45) is 0 Å². The van der Waals surface area contributed by atoms with Crippen molar-refractivity contribution < 1.29 is 14.6 Å². The summed E-state index contributed by atoms with van der Waals surface area (Å²) in [7, 11) is 1.62. The van der Waals surface area contributed by atoms with Crippen molar-refractivity contribution >= 4 is 11.7 Å². The molecule has 1 fully saturated rings. The lowest BCUT2D eigenvalue weighted by Gasteiger charge is -2.40. The molecule has 1 saturated heterocycles. The number of carboxylic acid groups (broad SMARTS) is 1. The number of anilines is 1. The minimum absolute atomic E-state index is 0.525. The topological polar surface area (TPSA) is 61.8 Å². The van der Waals surface area contributed by atoms with Gasteiger partial charge in [0.2, 0.25) is 0 Å². The summed E-state index contributed by atoms with van der Waals surface area (Å²) in [5.74, 6) is -0.763. The summed E-state index contributed by atoms with van der Waals surface area (Å²) in [4.78, 5) is 13.8. The molecule has 1 heterocycles. The molecule has 1 aromatic rings. The Bertz CT molecular complexity index is 428. The maximum absolute atomic E-state index is 11.6. The summed E-state index contributed by atoms with van der Waals surface area (Å²) < 4.78 is 4.98. The van der Waals surface area contributed by atoms with Gasteiger partial charge in [0.25, 0.3) is 0 Å². The first-order chi connectivity index (χ1) is 9.68. The minimum atomic E-state index is -0.816. The lowest BCUT2D eigenvalue weighted by atomic mass is 9.87. The molecular formula is C15H22N2O3. The molecule has 20 heavy (non-hydrogen) atoms. The lowest BCUT2D eigenvalue weighted by Crippen LogP contribution is -2.59. The van der Waals surface area contributed by atoms with E-state index in [9.17, 15) is 9.90 Å². The van der Waals surface area contributed by atoms with Crippen LogP contribution in [0.25, 0.3) is 0 Å². The number of carboxylic acids is 1. The molecule has 2 N–H and O–H groups in total. The van der Waals surface area contributed by atoms with E-state index in [-0.39, 0.29) is 0 Å². The van der Waals surface area contributed by atoms with Crippen LogP contribution in [0.4, 0.5) is 5.69 Å². The molecule has 0 amide bonds. The van der Waals surface area contributed by atoms with Gasteiger partial charge in [-0.1, -0.05) is 18.2 Å². The fourth-order valence-electron chi connectivity index (χ4n) is 2.64. The van der Waals surface area contributed by atoms with Crippen molar-refractivity contribution in [3.8, 4) is 0 Å². The third kappa shape index (κ3) is 3.29. The van der Waals surface area contributed by atoms with Crippen LogP contribution in [0.5, 0.6) is 0 Å². The van der Waals surface area contributed by atoms with Gasteiger partial charge in [-0.3, -0.25) is 10.1 Å². The molecule has 0 aliphatic carbocycles. The summed E-state index contributed by atoms with van der Waals surface area (Å²) in [6, 6.07) is 10.1. The molecule has 1 aliphatic rings. The lowest BCUT2D eigenvalue weighted by molar-refractivity contribution is -0.146. The van der Waals surface area contributed by atoms with E-state index in [1.165, 1.54) is 0 Å². The molecule has 110 valence electrons. The zero-order chi connectivity index (χ0) is 14.4. The SMILES string of the molecule is COCCNC1(C(=O)O)CCN(c2ccccc2)CC1. The standard InChI is InChI=1S/C15H22N2O3/c1-20-12-9-16-15(14(18)19)7-10-17(11-8-15)13-5-3-2-4-6-13/h2-6,16H,7-12H2,1H3,(H,18,19). The fourth-order valence-corrected chi connectivity index (χ4v) is 2.64. The first-order valence-electron chi connectivity index (χ1n) is 6.95. The number of ether oxygens (including phenoxy) is 1. The van der Waals surface area contributed by atoms with Gasteiger partial charge in [-0.25, -0.2) is 0 Å². The van der Waals surface area contributed by atoms with Crippen molar-refractivity contribution in [2.75, 3.05) is 38.3 Å². The van der Waals surface area contributed by atoms with Crippen molar-refractivity contribution in [3.63, 3.8) is 0 Å². The number of rotatable bonds is 6. The van der Waals surface area contributed by atoms with Gasteiger partial charge >= 0.3 is 5.97 Å². The maximum Gasteiger partial charge on any atom is 0.324 e. The Kier molecular flexibility index (Phi) is 4.98. The highest BCUT2D eigenvalue weighted by Crippen LogP contribution is 2.26. The molecule has 0 saturated carbocycles. The molecule has 5 heteroatoms. The Morgan fingerprint density at radius 1 is 1.35 bits per heavy atom. The van der Waals surface area contributed by atoms with Gasteiger partial charge in [-0.05, 0) is 25.0 Å². The Morgan fingerprint density at radius 3 is 2.55 bits per heavy atom. The molecule has 5 nitrogen and oxygen atoms in total. The molecule has 0 bridgehead atoms.